The minimum Gasteiger partial charge on any atom is -0.371 e. The fourth-order valence-electron chi connectivity index (χ4n) is 4.47. The van der Waals surface area contributed by atoms with Crippen molar-refractivity contribution >= 4 is 5.91 Å². The minimum atomic E-state index is -1.02. The first kappa shape index (κ1) is 21.5. The van der Waals surface area contributed by atoms with Crippen LogP contribution in [0.4, 0.5) is 0 Å². The van der Waals surface area contributed by atoms with Crippen molar-refractivity contribution in [3.8, 4) is 0 Å². The smallest absolute Gasteiger partial charge is 0.252 e. The van der Waals surface area contributed by atoms with Crippen molar-refractivity contribution in [2.24, 2.45) is 0 Å². The summed E-state index contributed by atoms with van der Waals surface area (Å²) < 4.78 is 24.8. The van der Waals surface area contributed by atoms with Gasteiger partial charge in [0.25, 0.3) is 5.91 Å². The Morgan fingerprint density at radius 2 is 2.10 bits per heavy atom. The van der Waals surface area contributed by atoms with Crippen LogP contribution in [-0.2, 0) is 30.3 Å². The van der Waals surface area contributed by atoms with E-state index in [0.717, 1.165) is 24.0 Å². The third-order valence-corrected chi connectivity index (χ3v) is 6.00. The maximum atomic E-state index is 13.4. The van der Waals surface area contributed by atoms with Gasteiger partial charge < -0.3 is 24.3 Å². The third-order valence-electron chi connectivity index (χ3n) is 6.00. The van der Waals surface area contributed by atoms with Crippen LogP contribution in [0.2, 0.25) is 0 Å². The van der Waals surface area contributed by atoms with Crippen molar-refractivity contribution in [2.75, 3.05) is 6.61 Å². The van der Waals surface area contributed by atoms with Gasteiger partial charge in [-0.3, -0.25) is 4.79 Å². The van der Waals surface area contributed by atoms with E-state index in [1.165, 1.54) is 0 Å². The van der Waals surface area contributed by atoms with Crippen molar-refractivity contribution in [1.82, 2.24) is 5.32 Å². The Balaban J connectivity index is 1.59. The molecule has 164 valence electrons. The molecule has 6 nitrogen and oxygen atoms in total. The van der Waals surface area contributed by atoms with Crippen LogP contribution < -0.4 is 5.32 Å². The molecule has 6 heteroatoms. The van der Waals surface area contributed by atoms with Crippen molar-refractivity contribution < 1.29 is 23.7 Å². The van der Waals surface area contributed by atoms with Gasteiger partial charge in [0.1, 0.15) is 6.10 Å². The quantitative estimate of drug-likeness (QED) is 0.659. The summed E-state index contributed by atoms with van der Waals surface area (Å²) in [5.74, 6) is -0.790. The summed E-state index contributed by atoms with van der Waals surface area (Å²) in [6.07, 6.45) is 3.81. The average molecular weight is 416 g/mol. The molecule has 0 radical (unpaired) electrons. The molecule has 1 aromatic rings. The molecule has 4 rings (SSSR count). The van der Waals surface area contributed by atoms with Crippen LogP contribution in [0.15, 0.2) is 36.9 Å². The molecule has 4 atom stereocenters. The van der Waals surface area contributed by atoms with Crippen LogP contribution >= 0.6 is 0 Å². The van der Waals surface area contributed by atoms with Crippen LogP contribution in [0.5, 0.6) is 0 Å². The van der Waals surface area contributed by atoms with E-state index in [9.17, 15) is 4.79 Å². The molecular formula is C24H33NO5. The molecule has 1 aromatic carbocycles. The second-order valence-electron chi connectivity index (χ2n) is 9.23. The highest BCUT2D eigenvalue weighted by Crippen LogP contribution is 2.44. The van der Waals surface area contributed by atoms with Gasteiger partial charge in [0.05, 0.1) is 25.4 Å². The lowest BCUT2D eigenvalue weighted by atomic mass is 9.78. The van der Waals surface area contributed by atoms with E-state index in [2.05, 4.69) is 31.0 Å². The highest BCUT2D eigenvalue weighted by atomic mass is 16.8. The molecule has 0 unspecified atom stereocenters. The molecule has 1 N–H and O–H groups in total. The molecule has 1 aliphatic heterocycles. The van der Waals surface area contributed by atoms with Crippen LogP contribution in [-0.4, -0.2) is 48.3 Å². The Morgan fingerprint density at radius 3 is 2.80 bits per heavy atom. The minimum absolute atomic E-state index is 0.0726. The van der Waals surface area contributed by atoms with Crippen LogP contribution in [0.1, 0.15) is 50.7 Å². The zero-order valence-corrected chi connectivity index (χ0v) is 18.2. The molecule has 1 saturated heterocycles. The first-order chi connectivity index (χ1) is 14.3. The number of ether oxygens (including phenoxy) is 4. The summed E-state index contributed by atoms with van der Waals surface area (Å²) in [5.41, 5.74) is 1.18. The summed E-state index contributed by atoms with van der Waals surface area (Å²) >= 11 is 0. The Hall–Kier alpha value is -1.73. The van der Waals surface area contributed by atoms with Gasteiger partial charge in [-0.15, -0.1) is 6.58 Å². The fraction of sp³-hybridized carbons (Fsp3) is 0.625. The molecule has 0 spiro atoms. The number of benzene rings is 1. The number of fused-ring (bicyclic) bond motifs is 1. The normalized spacial score (nSPS) is 32.4. The lowest BCUT2D eigenvalue weighted by Gasteiger charge is -2.43. The van der Waals surface area contributed by atoms with Gasteiger partial charge in [-0.25, -0.2) is 0 Å². The van der Waals surface area contributed by atoms with Gasteiger partial charge in [-0.05, 0) is 39.2 Å². The van der Waals surface area contributed by atoms with Crippen LogP contribution in [0.3, 0.4) is 0 Å². The summed E-state index contributed by atoms with van der Waals surface area (Å²) in [6.45, 7) is 10.3. The van der Waals surface area contributed by atoms with E-state index in [-0.39, 0.29) is 30.3 Å². The van der Waals surface area contributed by atoms with E-state index >= 15 is 0 Å². The van der Waals surface area contributed by atoms with Gasteiger partial charge >= 0.3 is 0 Å². The molecule has 3 aliphatic rings. The number of hydrogen-bond acceptors (Lipinski definition) is 5. The molecule has 1 heterocycles. The lowest BCUT2D eigenvalue weighted by molar-refractivity contribution is -0.180. The predicted octanol–water partition coefficient (Wildman–Crippen LogP) is 3.41. The summed E-state index contributed by atoms with van der Waals surface area (Å²) in [5, 5.41) is 3.15. The van der Waals surface area contributed by atoms with E-state index < -0.39 is 11.4 Å². The standard InChI is InChI=1S/C24H33NO5/c1-5-11-27-19-13-24(22(26)25-18-9-10-18,14-20-21(19)30-23(3,4)29-20)28-15-17-8-6-7-16(2)12-17/h5-8,12,18-21H,1,9-11,13-15H2,2-4H3,(H,25,26)/t19-,20+,21-,24+/m0/s1. The number of amides is 1. The first-order valence-electron chi connectivity index (χ1n) is 10.9. The van der Waals surface area contributed by atoms with Crippen LogP contribution in [0, 0.1) is 6.92 Å². The number of hydrogen-bond donors (Lipinski definition) is 1. The highest BCUT2D eigenvalue weighted by molar-refractivity contribution is 5.86. The Kier molecular flexibility index (Phi) is 6.04. The maximum absolute atomic E-state index is 13.4. The second-order valence-corrected chi connectivity index (χ2v) is 9.23. The largest absolute Gasteiger partial charge is 0.371 e. The Bertz CT molecular complexity index is 790. The topological polar surface area (TPSA) is 66.0 Å². The van der Waals surface area contributed by atoms with Gasteiger partial charge in [0, 0.05) is 18.9 Å². The number of aryl methyl sites for hydroxylation is 1. The Morgan fingerprint density at radius 1 is 1.30 bits per heavy atom. The second kappa shape index (κ2) is 8.42. The van der Waals surface area contributed by atoms with Gasteiger partial charge in [-0.1, -0.05) is 35.9 Å². The predicted molar refractivity (Wildman–Crippen MR) is 113 cm³/mol. The van der Waals surface area contributed by atoms with Crippen molar-refractivity contribution in [1.29, 1.82) is 0 Å². The summed E-state index contributed by atoms with van der Waals surface area (Å²) in [6, 6.07) is 8.42. The molecular weight excluding hydrogens is 382 g/mol. The monoisotopic (exact) mass is 415 g/mol. The van der Waals surface area contributed by atoms with Crippen molar-refractivity contribution in [3.05, 3.63) is 48.0 Å². The molecule has 3 fully saturated rings. The summed E-state index contributed by atoms with van der Waals surface area (Å²) in [7, 11) is 0. The molecule has 0 aromatic heterocycles. The first-order valence-corrected chi connectivity index (χ1v) is 10.9. The third kappa shape index (κ3) is 4.78. The molecule has 2 saturated carbocycles. The van der Waals surface area contributed by atoms with Gasteiger partial charge in [0.2, 0.25) is 0 Å². The van der Waals surface area contributed by atoms with E-state index in [1.54, 1.807) is 6.08 Å². The number of rotatable bonds is 8. The summed E-state index contributed by atoms with van der Waals surface area (Å²) in [4.78, 5) is 13.4. The van der Waals surface area contributed by atoms with Gasteiger partial charge in [0.15, 0.2) is 11.4 Å². The number of carbonyl (C=O) groups excluding carboxylic acids is 1. The zero-order chi connectivity index (χ0) is 21.4. The zero-order valence-electron chi connectivity index (χ0n) is 18.2. The number of nitrogens with one attached hydrogen (secondary N) is 1. The van der Waals surface area contributed by atoms with E-state index in [1.807, 2.05) is 26.0 Å². The Labute approximate surface area is 178 Å². The van der Waals surface area contributed by atoms with Crippen molar-refractivity contribution in [2.45, 2.75) is 88.8 Å². The average Bonchev–Trinajstić information content (AvgIpc) is 3.44. The van der Waals surface area contributed by atoms with E-state index in [0.29, 0.717) is 26.1 Å². The molecule has 30 heavy (non-hydrogen) atoms. The van der Waals surface area contributed by atoms with Crippen molar-refractivity contribution in [3.63, 3.8) is 0 Å². The molecule has 2 aliphatic carbocycles. The molecule has 0 bridgehead atoms. The van der Waals surface area contributed by atoms with Crippen LogP contribution in [0.25, 0.3) is 0 Å². The molecule has 1 amide bonds. The lowest BCUT2D eigenvalue weighted by Crippen LogP contribution is -2.60. The fourth-order valence-corrected chi connectivity index (χ4v) is 4.47. The van der Waals surface area contributed by atoms with E-state index in [4.69, 9.17) is 18.9 Å². The number of carbonyl (C=O) groups is 1. The maximum Gasteiger partial charge on any atom is 0.252 e. The highest BCUT2D eigenvalue weighted by Gasteiger charge is 2.58. The van der Waals surface area contributed by atoms with Gasteiger partial charge in [-0.2, -0.15) is 0 Å². The SMILES string of the molecule is C=CCO[C@H]1C[C@](OCc2cccc(C)c2)(C(=O)NC2CC2)C[C@H]2OC(C)(C)O[C@@H]12.